The van der Waals surface area contributed by atoms with Gasteiger partial charge in [0.25, 0.3) is 0 Å². The van der Waals surface area contributed by atoms with Gasteiger partial charge in [0.1, 0.15) is 6.10 Å². The standard InChI is InChI=1S/C52H99NO5/c1-4-7-10-13-16-19-21-23-25-26-27-29-32-34-37-40-43-48(58-52(57)45-42-39-36-33-30-28-24-22-20-17-14-11-8-5-2)46-51(56)53-49(47-54)50(55)44-41-38-35-31-18-15-12-9-6-3/h25-27,29,48-50,54-55H,4-24,28,30-47H2,1-3H3,(H,53,56)/b26-25+,29-27+. The van der Waals surface area contributed by atoms with Gasteiger partial charge in [-0.1, -0.05) is 231 Å². The summed E-state index contributed by atoms with van der Waals surface area (Å²) in [6.45, 7) is 6.46. The Morgan fingerprint density at radius 1 is 0.500 bits per heavy atom. The number of unbranched alkanes of at least 4 members (excludes halogenated alkanes) is 31. The highest BCUT2D eigenvalue weighted by Crippen LogP contribution is 2.18. The summed E-state index contributed by atoms with van der Waals surface area (Å²) in [7, 11) is 0. The number of carbonyl (C=O) groups is 2. The topological polar surface area (TPSA) is 95.9 Å². The van der Waals surface area contributed by atoms with Crippen LogP contribution in [0.4, 0.5) is 0 Å². The number of amides is 1. The highest BCUT2D eigenvalue weighted by molar-refractivity contribution is 5.77. The molecule has 6 heteroatoms. The van der Waals surface area contributed by atoms with E-state index in [1.165, 1.54) is 154 Å². The van der Waals surface area contributed by atoms with Gasteiger partial charge in [-0.05, 0) is 51.4 Å². The van der Waals surface area contributed by atoms with Gasteiger partial charge < -0.3 is 20.3 Å². The molecular formula is C52H99NO5. The molecule has 0 aromatic heterocycles. The second kappa shape index (κ2) is 46.4. The zero-order valence-electron chi connectivity index (χ0n) is 38.9. The number of carbonyl (C=O) groups excluding carboxylic acids is 2. The molecule has 0 aliphatic heterocycles. The van der Waals surface area contributed by atoms with Gasteiger partial charge in [0, 0.05) is 6.42 Å². The first-order valence-electron chi connectivity index (χ1n) is 25.6. The number of nitrogens with one attached hydrogen (secondary N) is 1. The Hall–Kier alpha value is -1.66. The van der Waals surface area contributed by atoms with E-state index >= 15 is 0 Å². The Morgan fingerprint density at radius 3 is 1.29 bits per heavy atom. The molecule has 3 atom stereocenters. The van der Waals surface area contributed by atoms with Crippen LogP contribution >= 0.6 is 0 Å². The molecule has 3 N–H and O–H groups in total. The quantitative estimate of drug-likeness (QED) is 0.0323. The lowest BCUT2D eigenvalue weighted by molar-refractivity contribution is -0.151. The van der Waals surface area contributed by atoms with Crippen molar-refractivity contribution in [2.24, 2.45) is 0 Å². The summed E-state index contributed by atoms with van der Waals surface area (Å²) >= 11 is 0. The van der Waals surface area contributed by atoms with Gasteiger partial charge in [-0.2, -0.15) is 0 Å². The van der Waals surface area contributed by atoms with Crippen molar-refractivity contribution in [2.45, 2.75) is 289 Å². The highest BCUT2D eigenvalue weighted by Gasteiger charge is 2.24. The highest BCUT2D eigenvalue weighted by atomic mass is 16.5. The molecule has 3 unspecified atom stereocenters. The minimum Gasteiger partial charge on any atom is -0.462 e. The fraction of sp³-hybridized carbons (Fsp3) is 0.885. The second-order valence-electron chi connectivity index (χ2n) is 17.6. The molecule has 0 fully saturated rings. The number of hydrogen-bond acceptors (Lipinski definition) is 5. The summed E-state index contributed by atoms with van der Waals surface area (Å²) < 4.78 is 5.92. The average molecular weight is 818 g/mol. The maximum atomic E-state index is 13.2. The third-order valence-corrected chi connectivity index (χ3v) is 11.8. The maximum Gasteiger partial charge on any atom is 0.306 e. The molecule has 0 bridgehead atoms. The zero-order valence-corrected chi connectivity index (χ0v) is 38.9. The van der Waals surface area contributed by atoms with Crippen LogP contribution in [-0.4, -0.2) is 46.9 Å². The number of esters is 1. The third kappa shape index (κ3) is 41.1. The number of ether oxygens (including phenoxy) is 1. The Balaban J connectivity index is 4.60. The third-order valence-electron chi connectivity index (χ3n) is 11.8. The molecule has 0 aliphatic carbocycles. The van der Waals surface area contributed by atoms with Crippen LogP contribution in [0.2, 0.25) is 0 Å². The van der Waals surface area contributed by atoms with Crippen molar-refractivity contribution in [2.75, 3.05) is 6.61 Å². The second-order valence-corrected chi connectivity index (χ2v) is 17.6. The van der Waals surface area contributed by atoms with E-state index in [-0.39, 0.29) is 24.9 Å². The molecule has 0 aliphatic rings. The van der Waals surface area contributed by atoms with Gasteiger partial charge in [-0.3, -0.25) is 9.59 Å². The van der Waals surface area contributed by atoms with Gasteiger partial charge in [-0.25, -0.2) is 0 Å². The van der Waals surface area contributed by atoms with Gasteiger partial charge in [0.15, 0.2) is 0 Å². The molecule has 1 amide bonds. The van der Waals surface area contributed by atoms with Crippen molar-refractivity contribution >= 4 is 11.9 Å². The molecule has 0 radical (unpaired) electrons. The smallest absolute Gasteiger partial charge is 0.306 e. The van der Waals surface area contributed by atoms with Crippen LogP contribution < -0.4 is 5.32 Å². The van der Waals surface area contributed by atoms with Crippen LogP contribution in [0.5, 0.6) is 0 Å². The van der Waals surface area contributed by atoms with Crippen molar-refractivity contribution in [3.63, 3.8) is 0 Å². The lowest BCUT2D eigenvalue weighted by Crippen LogP contribution is -2.46. The summed E-state index contributed by atoms with van der Waals surface area (Å²) in [6.07, 6.45) is 52.4. The number of hydrogen-bond donors (Lipinski definition) is 3. The van der Waals surface area contributed by atoms with Gasteiger partial charge >= 0.3 is 5.97 Å². The van der Waals surface area contributed by atoms with Crippen molar-refractivity contribution in [1.82, 2.24) is 5.32 Å². The zero-order chi connectivity index (χ0) is 42.4. The summed E-state index contributed by atoms with van der Waals surface area (Å²) in [4.78, 5) is 26.1. The van der Waals surface area contributed by atoms with Crippen molar-refractivity contribution < 1.29 is 24.5 Å². The van der Waals surface area contributed by atoms with Gasteiger partial charge in [0.2, 0.25) is 5.91 Å². The van der Waals surface area contributed by atoms with E-state index in [0.717, 1.165) is 70.6 Å². The molecule has 58 heavy (non-hydrogen) atoms. The van der Waals surface area contributed by atoms with Crippen LogP contribution in [0, 0.1) is 0 Å². The summed E-state index contributed by atoms with van der Waals surface area (Å²) in [5.74, 6) is -0.488. The molecule has 0 aromatic carbocycles. The van der Waals surface area contributed by atoms with E-state index in [2.05, 4.69) is 50.4 Å². The van der Waals surface area contributed by atoms with Crippen molar-refractivity contribution in [3.8, 4) is 0 Å². The van der Waals surface area contributed by atoms with E-state index in [1.807, 2.05) is 0 Å². The summed E-state index contributed by atoms with van der Waals surface area (Å²) in [5.41, 5.74) is 0. The Morgan fingerprint density at radius 2 is 0.862 bits per heavy atom. The van der Waals surface area contributed by atoms with Crippen molar-refractivity contribution in [1.29, 1.82) is 0 Å². The van der Waals surface area contributed by atoms with Gasteiger partial charge in [-0.15, -0.1) is 0 Å². The molecule has 0 heterocycles. The Bertz CT molecular complexity index is 919. The van der Waals surface area contributed by atoms with Crippen LogP contribution in [0.1, 0.15) is 271 Å². The molecule has 0 rings (SSSR count). The molecule has 0 spiro atoms. The molecule has 0 aromatic rings. The number of rotatable bonds is 46. The number of aliphatic hydroxyl groups is 2. The fourth-order valence-corrected chi connectivity index (χ4v) is 7.89. The molecule has 0 saturated carbocycles. The van der Waals surface area contributed by atoms with Gasteiger partial charge in [0.05, 0.1) is 25.2 Å². The lowest BCUT2D eigenvalue weighted by atomic mass is 10.0. The van der Waals surface area contributed by atoms with Crippen LogP contribution in [0.15, 0.2) is 24.3 Å². The summed E-state index contributed by atoms with van der Waals surface area (Å²) in [5, 5.41) is 23.7. The Kier molecular flexibility index (Phi) is 45.1. The number of allylic oxidation sites excluding steroid dienone is 4. The SMILES string of the molecule is CCCCCCCCC/C=C/C=C/CCCCCC(CC(=O)NC(CO)C(O)CCCCCCCCCCC)OC(=O)CCCCCCCCCCCCCCCC. The minimum atomic E-state index is -0.789. The molecule has 0 saturated heterocycles. The van der Waals surface area contributed by atoms with E-state index in [4.69, 9.17) is 4.74 Å². The number of aliphatic hydroxyl groups excluding tert-OH is 2. The van der Waals surface area contributed by atoms with E-state index in [1.54, 1.807) is 0 Å². The largest absolute Gasteiger partial charge is 0.462 e. The average Bonchev–Trinajstić information content (AvgIpc) is 3.22. The van der Waals surface area contributed by atoms with Crippen LogP contribution in [0.25, 0.3) is 0 Å². The first kappa shape index (κ1) is 56.3. The van der Waals surface area contributed by atoms with E-state index in [0.29, 0.717) is 19.3 Å². The monoisotopic (exact) mass is 818 g/mol. The molecule has 6 nitrogen and oxygen atoms in total. The molecule has 342 valence electrons. The minimum absolute atomic E-state index is 0.0647. The summed E-state index contributed by atoms with van der Waals surface area (Å²) in [6, 6.07) is -0.704. The van der Waals surface area contributed by atoms with E-state index in [9.17, 15) is 19.8 Å². The maximum absolute atomic E-state index is 13.2. The van der Waals surface area contributed by atoms with Crippen molar-refractivity contribution in [3.05, 3.63) is 24.3 Å². The van der Waals surface area contributed by atoms with E-state index < -0.39 is 18.2 Å². The van der Waals surface area contributed by atoms with Crippen LogP contribution in [-0.2, 0) is 14.3 Å². The molecular weight excluding hydrogens is 719 g/mol. The normalized spacial score (nSPS) is 13.4. The lowest BCUT2D eigenvalue weighted by Gasteiger charge is -2.24. The van der Waals surface area contributed by atoms with Crippen LogP contribution in [0.3, 0.4) is 0 Å². The first-order chi connectivity index (χ1) is 28.5. The Labute approximate surface area is 361 Å². The first-order valence-corrected chi connectivity index (χ1v) is 25.6. The predicted molar refractivity (Wildman–Crippen MR) is 250 cm³/mol. The predicted octanol–water partition coefficient (Wildman–Crippen LogP) is 15.1. The fourth-order valence-electron chi connectivity index (χ4n) is 7.89.